The number of nitrogens with two attached hydrogens (primary N) is 1. The molecule has 1 amide bonds. The number of benzene rings is 1. The third kappa shape index (κ3) is 4.08. The number of aromatic nitrogens is 1. The highest BCUT2D eigenvalue weighted by Gasteiger charge is 2.09. The predicted molar refractivity (Wildman–Crippen MR) is 80.7 cm³/mol. The lowest BCUT2D eigenvalue weighted by Gasteiger charge is -2.05. The summed E-state index contributed by atoms with van der Waals surface area (Å²) in [5.41, 5.74) is 7.35. The van der Waals surface area contributed by atoms with Gasteiger partial charge < -0.3 is 15.0 Å². The lowest BCUT2D eigenvalue weighted by Crippen LogP contribution is -2.13. The number of nitrogens with zero attached hydrogens (tertiary/aromatic N) is 1. The average Bonchev–Trinajstić information content (AvgIpc) is 2.76. The Labute approximate surface area is 123 Å². The normalized spacial score (nSPS) is 10.7. The molecule has 0 aliphatic carbocycles. The van der Waals surface area contributed by atoms with E-state index < -0.39 is 0 Å². The highest BCUT2D eigenvalue weighted by Crippen LogP contribution is 2.22. The van der Waals surface area contributed by atoms with E-state index in [-0.39, 0.29) is 18.3 Å². The number of carbonyl (C=O) groups is 2. The number of amides is 1. The second kappa shape index (κ2) is 6.92. The SMILES string of the molecule is CC(=O)OCCCCn1cc(CC(N)=O)c2ccccc21. The summed E-state index contributed by atoms with van der Waals surface area (Å²) >= 11 is 0. The van der Waals surface area contributed by atoms with Gasteiger partial charge in [0.15, 0.2) is 0 Å². The number of hydrogen-bond donors (Lipinski definition) is 1. The van der Waals surface area contributed by atoms with E-state index in [1.165, 1.54) is 6.92 Å². The van der Waals surface area contributed by atoms with E-state index >= 15 is 0 Å². The second-order valence-electron chi connectivity index (χ2n) is 5.06. The van der Waals surface area contributed by atoms with Gasteiger partial charge in [-0.2, -0.15) is 0 Å². The highest BCUT2D eigenvalue weighted by molar-refractivity contribution is 5.88. The van der Waals surface area contributed by atoms with Gasteiger partial charge in [0.2, 0.25) is 5.91 Å². The minimum Gasteiger partial charge on any atom is -0.466 e. The quantitative estimate of drug-likeness (QED) is 0.625. The molecule has 21 heavy (non-hydrogen) atoms. The van der Waals surface area contributed by atoms with Crippen LogP contribution in [0.1, 0.15) is 25.3 Å². The van der Waals surface area contributed by atoms with E-state index in [0.29, 0.717) is 6.61 Å². The van der Waals surface area contributed by atoms with Crippen LogP contribution in [0, 0.1) is 0 Å². The van der Waals surface area contributed by atoms with E-state index in [4.69, 9.17) is 10.5 Å². The first-order valence-electron chi connectivity index (χ1n) is 7.06. The molecule has 0 spiro atoms. The van der Waals surface area contributed by atoms with Crippen LogP contribution in [-0.4, -0.2) is 23.1 Å². The number of carbonyl (C=O) groups excluding carboxylic acids is 2. The summed E-state index contributed by atoms with van der Waals surface area (Å²) in [6, 6.07) is 7.97. The van der Waals surface area contributed by atoms with Crippen LogP contribution >= 0.6 is 0 Å². The standard InChI is InChI=1S/C16H20N2O3/c1-12(19)21-9-5-4-8-18-11-13(10-16(17)20)14-6-2-3-7-15(14)18/h2-3,6-7,11H,4-5,8-10H2,1H3,(H2,17,20). The van der Waals surface area contributed by atoms with Crippen molar-refractivity contribution in [2.24, 2.45) is 5.73 Å². The molecule has 1 aromatic carbocycles. The van der Waals surface area contributed by atoms with Gasteiger partial charge in [-0.15, -0.1) is 0 Å². The number of rotatable bonds is 7. The van der Waals surface area contributed by atoms with Gasteiger partial charge in [0, 0.05) is 30.6 Å². The zero-order valence-corrected chi connectivity index (χ0v) is 12.2. The molecule has 0 atom stereocenters. The predicted octanol–water partition coefficient (Wildman–Crippen LogP) is 2.01. The molecule has 0 fully saturated rings. The molecule has 0 aliphatic rings. The Morgan fingerprint density at radius 1 is 1.24 bits per heavy atom. The molecule has 1 heterocycles. The summed E-state index contributed by atoms with van der Waals surface area (Å²) in [6.07, 6.45) is 3.96. The van der Waals surface area contributed by atoms with Crippen LogP contribution in [0.25, 0.3) is 10.9 Å². The number of para-hydroxylation sites is 1. The van der Waals surface area contributed by atoms with Crippen molar-refractivity contribution < 1.29 is 14.3 Å². The maximum Gasteiger partial charge on any atom is 0.302 e. The van der Waals surface area contributed by atoms with Gasteiger partial charge in [0.25, 0.3) is 0 Å². The molecule has 0 saturated heterocycles. The smallest absolute Gasteiger partial charge is 0.302 e. The number of esters is 1. The van der Waals surface area contributed by atoms with Gasteiger partial charge in [-0.05, 0) is 24.5 Å². The first-order valence-corrected chi connectivity index (χ1v) is 7.06. The van der Waals surface area contributed by atoms with Gasteiger partial charge in [-0.1, -0.05) is 18.2 Å². The molecule has 0 radical (unpaired) electrons. The summed E-state index contributed by atoms with van der Waals surface area (Å²) in [5, 5.41) is 1.07. The fourth-order valence-corrected chi connectivity index (χ4v) is 2.44. The molecular formula is C16H20N2O3. The summed E-state index contributed by atoms with van der Waals surface area (Å²) in [4.78, 5) is 21.8. The number of aryl methyl sites for hydroxylation is 1. The summed E-state index contributed by atoms with van der Waals surface area (Å²) < 4.78 is 7.04. The van der Waals surface area contributed by atoms with Crippen molar-refractivity contribution in [1.29, 1.82) is 0 Å². The summed E-state index contributed by atoms with van der Waals surface area (Å²) in [6.45, 7) is 2.68. The van der Waals surface area contributed by atoms with Crippen LogP contribution in [0.15, 0.2) is 30.5 Å². The van der Waals surface area contributed by atoms with Gasteiger partial charge in [0.1, 0.15) is 0 Å². The maximum absolute atomic E-state index is 11.1. The van der Waals surface area contributed by atoms with Crippen molar-refractivity contribution in [3.8, 4) is 0 Å². The zero-order valence-electron chi connectivity index (χ0n) is 12.2. The van der Waals surface area contributed by atoms with E-state index in [2.05, 4.69) is 4.57 Å². The molecule has 1 aromatic heterocycles. The van der Waals surface area contributed by atoms with Gasteiger partial charge >= 0.3 is 5.97 Å². The zero-order chi connectivity index (χ0) is 15.2. The summed E-state index contributed by atoms with van der Waals surface area (Å²) in [5.74, 6) is -0.571. The van der Waals surface area contributed by atoms with Crippen molar-refractivity contribution >= 4 is 22.8 Å². The lowest BCUT2D eigenvalue weighted by atomic mass is 10.1. The topological polar surface area (TPSA) is 74.3 Å². The van der Waals surface area contributed by atoms with Gasteiger partial charge in [-0.3, -0.25) is 9.59 Å². The van der Waals surface area contributed by atoms with E-state index in [1.807, 2.05) is 30.5 Å². The molecule has 5 nitrogen and oxygen atoms in total. The van der Waals surface area contributed by atoms with E-state index in [0.717, 1.165) is 35.9 Å². The lowest BCUT2D eigenvalue weighted by molar-refractivity contribution is -0.141. The Morgan fingerprint density at radius 2 is 2.00 bits per heavy atom. The third-order valence-electron chi connectivity index (χ3n) is 3.33. The molecule has 2 N–H and O–H groups in total. The van der Waals surface area contributed by atoms with Crippen LogP contribution < -0.4 is 5.73 Å². The number of fused-ring (bicyclic) bond motifs is 1. The molecule has 0 aliphatic heterocycles. The average molecular weight is 288 g/mol. The number of ether oxygens (including phenoxy) is 1. The molecule has 2 rings (SSSR count). The van der Waals surface area contributed by atoms with Gasteiger partial charge in [-0.25, -0.2) is 0 Å². The highest BCUT2D eigenvalue weighted by atomic mass is 16.5. The number of hydrogen-bond acceptors (Lipinski definition) is 3. The first-order chi connectivity index (χ1) is 10.1. The molecule has 5 heteroatoms. The Balaban J connectivity index is 2.05. The number of primary amides is 1. The summed E-state index contributed by atoms with van der Waals surface area (Å²) in [7, 11) is 0. The Hall–Kier alpha value is -2.30. The Bertz CT molecular complexity index is 646. The van der Waals surface area contributed by atoms with E-state index in [1.54, 1.807) is 0 Å². The third-order valence-corrected chi connectivity index (χ3v) is 3.33. The number of unbranched alkanes of at least 4 members (excludes halogenated alkanes) is 1. The Kier molecular flexibility index (Phi) is 4.98. The fourth-order valence-electron chi connectivity index (χ4n) is 2.44. The second-order valence-corrected chi connectivity index (χ2v) is 5.06. The fraction of sp³-hybridized carbons (Fsp3) is 0.375. The van der Waals surface area contributed by atoms with Crippen LogP contribution in [0.5, 0.6) is 0 Å². The van der Waals surface area contributed by atoms with Crippen LogP contribution in [-0.2, 0) is 27.3 Å². The minimum absolute atomic E-state index is 0.245. The van der Waals surface area contributed by atoms with E-state index in [9.17, 15) is 9.59 Å². The van der Waals surface area contributed by atoms with Gasteiger partial charge in [0.05, 0.1) is 13.0 Å². The molecule has 0 bridgehead atoms. The van der Waals surface area contributed by atoms with Crippen LogP contribution in [0.2, 0.25) is 0 Å². The maximum atomic E-state index is 11.1. The molecule has 0 unspecified atom stereocenters. The molecular weight excluding hydrogens is 268 g/mol. The largest absolute Gasteiger partial charge is 0.466 e. The van der Waals surface area contributed by atoms with Crippen molar-refractivity contribution in [2.75, 3.05) is 6.61 Å². The van der Waals surface area contributed by atoms with Crippen LogP contribution in [0.4, 0.5) is 0 Å². The van der Waals surface area contributed by atoms with Crippen molar-refractivity contribution in [1.82, 2.24) is 4.57 Å². The molecule has 2 aromatic rings. The van der Waals surface area contributed by atoms with Crippen molar-refractivity contribution in [3.63, 3.8) is 0 Å². The van der Waals surface area contributed by atoms with Crippen molar-refractivity contribution in [2.45, 2.75) is 32.7 Å². The minimum atomic E-state index is -0.326. The van der Waals surface area contributed by atoms with Crippen LogP contribution in [0.3, 0.4) is 0 Å². The molecule has 0 saturated carbocycles. The first kappa shape index (κ1) is 15.1. The Morgan fingerprint density at radius 3 is 2.71 bits per heavy atom. The monoisotopic (exact) mass is 288 g/mol. The van der Waals surface area contributed by atoms with Crippen molar-refractivity contribution in [3.05, 3.63) is 36.0 Å². The molecule has 112 valence electrons.